The van der Waals surface area contributed by atoms with E-state index in [0.717, 1.165) is 0 Å². The maximum absolute atomic E-state index is 16.1. The van der Waals surface area contributed by atoms with Crippen LogP contribution in [-0.4, -0.2) is 75.5 Å². The molecule has 20 heteroatoms. The van der Waals surface area contributed by atoms with Gasteiger partial charge in [0, 0.05) is 40.6 Å². The number of nitrogens with zero attached hydrogens (tertiary/aromatic N) is 1. The van der Waals surface area contributed by atoms with Crippen LogP contribution in [0, 0.1) is 11.2 Å². The summed E-state index contributed by atoms with van der Waals surface area (Å²) < 4.78 is 91.1. The number of ether oxygens (including phenoxy) is 2. The highest BCUT2D eigenvalue weighted by Crippen LogP contribution is 2.36. The molecule has 4 aromatic rings. The van der Waals surface area contributed by atoms with Crippen LogP contribution in [-0.2, 0) is 9.59 Å². The summed E-state index contributed by atoms with van der Waals surface area (Å²) in [6.45, 7) is 8.23. The second-order valence-electron chi connectivity index (χ2n) is 11.2. The van der Waals surface area contributed by atoms with Gasteiger partial charge in [0.15, 0.2) is 11.6 Å². The number of carbonyl (C=O) groups is 3. The summed E-state index contributed by atoms with van der Waals surface area (Å²) in [5.41, 5.74) is 8.83. The van der Waals surface area contributed by atoms with Crippen LogP contribution in [0.4, 0.5) is 36.4 Å². The lowest BCUT2D eigenvalue weighted by Gasteiger charge is -2.22. The number of amidine groups is 1. The Morgan fingerprint density at radius 2 is 1.51 bits per heavy atom. The molecule has 0 bridgehead atoms. The molecule has 55 heavy (non-hydrogen) atoms. The lowest BCUT2D eigenvalue weighted by molar-refractivity contribution is -0.193. The molecule has 13 nitrogen and oxygen atoms in total. The Hall–Kier alpha value is -6.34. The molecule has 0 saturated carbocycles. The smallest absolute Gasteiger partial charge is 0.490 e. The van der Waals surface area contributed by atoms with Gasteiger partial charge in [-0.15, -0.1) is 0 Å². The number of aliphatic carboxylic acids is 2. The Kier molecular flexibility index (Phi) is 16.0. The van der Waals surface area contributed by atoms with E-state index in [1.54, 1.807) is 48.7 Å². The Morgan fingerprint density at radius 3 is 2.00 bits per heavy atom. The van der Waals surface area contributed by atoms with Crippen LogP contribution in [0.1, 0.15) is 61.0 Å². The van der Waals surface area contributed by atoms with Gasteiger partial charge in [-0.1, -0.05) is 18.2 Å². The SMILES string of the molecule is CCNC(=O)c1ccccc1-c1cnc(C(Nc2ccc(C(=N)N)cc2)c2cc(OCC)cc(OC(C)C)c2F)[nH]1.O=C(O)C(F)(F)F.O=C(O)C(F)(F)F. The first-order valence-corrected chi connectivity index (χ1v) is 16.0. The van der Waals surface area contributed by atoms with Crippen molar-refractivity contribution in [1.82, 2.24) is 15.3 Å². The number of hydrogen-bond donors (Lipinski definition) is 7. The fraction of sp³-hybridized carbons (Fsp3) is 0.286. The molecule has 1 aromatic heterocycles. The van der Waals surface area contributed by atoms with Gasteiger partial charge in [-0.25, -0.2) is 19.0 Å². The third-order valence-corrected chi connectivity index (χ3v) is 6.69. The molecule has 0 aliphatic rings. The molecule has 0 aliphatic heterocycles. The number of alkyl halides is 6. The Bertz CT molecular complexity index is 1910. The summed E-state index contributed by atoms with van der Waals surface area (Å²) in [5.74, 6) is -5.41. The van der Waals surface area contributed by atoms with Crippen molar-refractivity contribution >= 4 is 29.4 Å². The van der Waals surface area contributed by atoms with Gasteiger partial charge < -0.3 is 41.0 Å². The minimum absolute atomic E-state index is 0.0551. The van der Waals surface area contributed by atoms with Gasteiger partial charge in [0.25, 0.3) is 5.91 Å². The molecule has 3 aromatic carbocycles. The largest absolute Gasteiger partial charge is 0.494 e. The standard InChI is InChI=1S/C31H35FN6O3.2C2HF3O2/c1-5-35-31(39)23-10-8-7-9-22(23)25-17-36-30(38-25)28(37-20-13-11-19(12-14-20)29(33)34)24-15-21(40-6-2)16-26(27(24)32)41-18(3)4;2*3-2(4,5)1(6)7/h7-18,28,37H,5-6H2,1-4H3,(H3,33,34)(H,35,39)(H,36,38);2*(H,6,7). The maximum atomic E-state index is 16.1. The van der Waals surface area contributed by atoms with E-state index in [1.165, 1.54) is 6.07 Å². The number of hydrogen-bond acceptors (Lipinski definition) is 8. The number of amides is 1. The van der Waals surface area contributed by atoms with E-state index in [0.29, 0.717) is 52.8 Å². The van der Waals surface area contributed by atoms with Gasteiger partial charge in [-0.3, -0.25) is 10.2 Å². The number of benzene rings is 3. The molecule has 1 atom stereocenters. The van der Waals surface area contributed by atoms with Gasteiger partial charge in [-0.2, -0.15) is 26.3 Å². The Labute approximate surface area is 309 Å². The molecule has 8 N–H and O–H groups in total. The number of nitrogens with two attached hydrogens (primary N) is 1. The first-order chi connectivity index (χ1) is 25.6. The predicted octanol–water partition coefficient (Wildman–Crippen LogP) is 6.90. The number of carboxylic acid groups (broad SMARTS) is 2. The van der Waals surface area contributed by atoms with E-state index < -0.39 is 36.2 Å². The van der Waals surface area contributed by atoms with Crippen LogP contribution in [0.5, 0.6) is 11.5 Å². The summed E-state index contributed by atoms with van der Waals surface area (Å²) in [6, 6.07) is 16.5. The number of carbonyl (C=O) groups excluding carboxylic acids is 1. The fourth-order valence-electron chi connectivity index (χ4n) is 4.39. The second kappa shape index (κ2) is 19.7. The summed E-state index contributed by atoms with van der Waals surface area (Å²) in [5, 5.41) is 28.1. The zero-order chi connectivity index (χ0) is 41.7. The molecule has 298 valence electrons. The highest BCUT2D eigenvalue weighted by molar-refractivity contribution is 6.00. The third kappa shape index (κ3) is 13.5. The molecular weight excluding hydrogens is 749 g/mol. The van der Waals surface area contributed by atoms with E-state index >= 15 is 4.39 Å². The first kappa shape index (κ1) is 44.8. The van der Waals surface area contributed by atoms with Gasteiger partial charge in [0.05, 0.1) is 24.6 Å². The summed E-state index contributed by atoms with van der Waals surface area (Å²) in [4.78, 5) is 38.4. The van der Waals surface area contributed by atoms with E-state index in [9.17, 15) is 31.1 Å². The number of nitrogen functional groups attached to an aromatic ring is 1. The van der Waals surface area contributed by atoms with Crippen molar-refractivity contribution in [2.24, 2.45) is 5.73 Å². The van der Waals surface area contributed by atoms with Gasteiger partial charge in [0.1, 0.15) is 23.5 Å². The van der Waals surface area contributed by atoms with Crippen molar-refractivity contribution in [2.45, 2.75) is 52.2 Å². The van der Waals surface area contributed by atoms with E-state index in [2.05, 4.69) is 20.6 Å². The van der Waals surface area contributed by atoms with Crippen molar-refractivity contribution in [1.29, 1.82) is 5.41 Å². The zero-order valence-corrected chi connectivity index (χ0v) is 29.5. The van der Waals surface area contributed by atoms with Crippen LogP contribution in [0.2, 0.25) is 0 Å². The fourth-order valence-corrected chi connectivity index (χ4v) is 4.39. The molecule has 0 fully saturated rings. The molecular formula is C35H37F7N6O7. The Balaban J connectivity index is 0.000000633. The van der Waals surface area contributed by atoms with Crippen molar-refractivity contribution in [3.8, 4) is 22.8 Å². The molecule has 1 amide bonds. The van der Waals surface area contributed by atoms with Gasteiger partial charge in [-0.05, 0) is 64.1 Å². The summed E-state index contributed by atoms with van der Waals surface area (Å²) in [7, 11) is 0. The lowest BCUT2D eigenvalue weighted by Crippen LogP contribution is -2.23. The van der Waals surface area contributed by atoms with Crippen LogP contribution < -0.4 is 25.8 Å². The average molecular weight is 787 g/mol. The van der Waals surface area contributed by atoms with E-state index in [1.807, 2.05) is 39.8 Å². The number of anilines is 1. The summed E-state index contributed by atoms with van der Waals surface area (Å²) >= 11 is 0. The molecule has 0 spiro atoms. The number of aromatic nitrogens is 2. The number of imidazole rings is 1. The zero-order valence-electron chi connectivity index (χ0n) is 29.5. The Morgan fingerprint density at radius 1 is 0.945 bits per heavy atom. The number of carboxylic acids is 2. The van der Waals surface area contributed by atoms with Crippen LogP contribution in [0.25, 0.3) is 11.3 Å². The number of nitrogens with one attached hydrogen (secondary N) is 4. The predicted molar refractivity (Wildman–Crippen MR) is 186 cm³/mol. The number of aromatic amines is 1. The lowest BCUT2D eigenvalue weighted by atomic mass is 10.0. The minimum Gasteiger partial charge on any atom is -0.494 e. The normalized spacial score (nSPS) is 11.6. The molecule has 4 rings (SSSR count). The van der Waals surface area contributed by atoms with E-state index in [4.69, 9.17) is 40.4 Å². The maximum Gasteiger partial charge on any atom is 0.490 e. The molecule has 0 saturated heterocycles. The quantitative estimate of drug-likeness (QED) is 0.0448. The highest BCUT2D eigenvalue weighted by Gasteiger charge is 2.39. The number of halogens is 7. The van der Waals surface area contributed by atoms with Gasteiger partial charge >= 0.3 is 24.3 Å². The second-order valence-corrected chi connectivity index (χ2v) is 11.2. The van der Waals surface area contributed by atoms with Crippen molar-refractivity contribution < 1.29 is 64.8 Å². The van der Waals surface area contributed by atoms with Crippen molar-refractivity contribution in [3.05, 3.63) is 95.2 Å². The molecule has 1 heterocycles. The number of rotatable bonds is 12. The van der Waals surface area contributed by atoms with Crippen molar-refractivity contribution in [2.75, 3.05) is 18.5 Å². The van der Waals surface area contributed by atoms with Crippen LogP contribution in [0.3, 0.4) is 0 Å². The average Bonchev–Trinajstić information content (AvgIpc) is 3.58. The minimum atomic E-state index is -5.08. The van der Waals surface area contributed by atoms with Crippen LogP contribution >= 0.6 is 0 Å². The van der Waals surface area contributed by atoms with Crippen molar-refractivity contribution in [3.63, 3.8) is 0 Å². The highest BCUT2D eigenvalue weighted by atomic mass is 19.4. The number of H-pyrrole nitrogens is 1. The monoisotopic (exact) mass is 786 g/mol. The van der Waals surface area contributed by atoms with Crippen LogP contribution in [0.15, 0.2) is 66.9 Å². The third-order valence-electron chi connectivity index (χ3n) is 6.69. The van der Waals surface area contributed by atoms with Gasteiger partial charge in [0.2, 0.25) is 0 Å². The summed E-state index contributed by atoms with van der Waals surface area (Å²) in [6.07, 6.45) is -8.81. The molecule has 1 unspecified atom stereocenters. The molecule has 0 radical (unpaired) electrons. The molecule has 0 aliphatic carbocycles. The topological polar surface area (TPSA) is 213 Å². The first-order valence-electron chi connectivity index (χ1n) is 16.0. The van der Waals surface area contributed by atoms with E-state index in [-0.39, 0.29) is 29.2 Å².